The summed E-state index contributed by atoms with van der Waals surface area (Å²) >= 11 is 0. The normalized spacial score (nSPS) is 12.8. The molecule has 0 fully saturated rings. The Bertz CT molecular complexity index is 4960. The summed E-state index contributed by atoms with van der Waals surface area (Å²) in [5.41, 5.74) is 15.4. The quantitative estimate of drug-likeness (QED) is 0.138. The lowest BCUT2D eigenvalue weighted by Gasteiger charge is -2.40. The third-order valence-electron chi connectivity index (χ3n) is 16.5. The SMILES string of the molecule is c1ccc(-c2c(N(c3cc4c5c(c3)N(c3oc6ccccc6c3-c3ccccc3)c3oc6ccccc6c3B5c3c(oc5ccccc35)N4c3oc4ccccc4c3-c3ccccc3)c3cc4ccccc4o3)oc3ccccc23)cc1. The zero-order chi connectivity index (χ0) is 53.6. The molecule has 10 aromatic carbocycles. The van der Waals surface area contributed by atoms with Crippen LogP contribution in [0.25, 0.3) is 99.2 Å². The molecular formula is C72H42BN3O6. The summed E-state index contributed by atoms with van der Waals surface area (Å²) in [7, 11) is 0. The highest BCUT2D eigenvalue weighted by molar-refractivity contribution is 7.02. The molecule has 0 aliphatic carbocycles. The molecule has 384 valence electrons. The van der Waals surface area contributed by atoms with Crippen LogP contribution in [-0.2, 0) is 0 Å². The Labute approximate surface area is 468 Å². The zero-order valence-electron chi connectivity index (χ0n) is 43.6. The first-order valence-electron chi connectivity index (χ1n) is 27.5. The number of para-hydroxylation sites is 6. The summed E-state index contributed by atoms with van der Waals surface area (Å²) in [4.78, 5) is 6.55. The Kier molecular flexibility index (Phi) is 9.41. The van der Waals surface area contributed by atoms with Crippen molar-refractivity contribution in [3.8, 4) is 33.4 Å². The van der Waals surface area contributed by atoms with E-state index >= 15 is 0 Å². The first-order valence-corrected chi connectivity index (χ1v) is 27.5. The fourth-order valence-corrected chi connectivity index (χ4v) is 13.1. The van der Waals surface area contributed by atoms with Gasteiger partial charge in [-0.1, -0.05) is 200 Å². The van der Waals surface area contributed by atoms with Gasteiger partial charge in [0.05, 0.1) is 33.8 Å². The van der Waals surface area contributed by atoms with E-state index in [9.17, 15) is 0 Å². The number of rotatable bonds is 8. The summed E-state index contributed by atoms with van der Waals surface area (Å²) < 4.78 is 43.9. The van der Waals surface area contributed by atoms with Gasteiger partial charge in [-0.15, -0.1) is 0 Å². The number of anilines is 9. The van der Waals surface area contributed by atoms with Crippen LogP contribution in [-0.4, -0.2) is 6.71 Å². The number of fused-ring (bicyclic) bond motifs is 12. The third-order valence-corrected chi connectivity index (χ3v) is 16.5. The van der Waals surface area contributed by atoms with Crippen molar-refractivity contribution in [3.05, 3.63) is 255 Å². The van der Waals surface area contributed by atoms with Crippen molar-refractivity contribution in [2.24, 2.45) is 0 Å². The van der Waals surface area contributed by atoms with E-state index in [1.54, 1.807) is 0 Å². The highest BCUT2D eigenvalue weighted by Gasteiger charge is 2.51. The molecule has 0 saturated heterocycles. The van der Waals surface area contributed by atoms with E-state index in [1.165, 1.54) is 0 Å². The van der Waals surface area contributed by atoms with Crippen LogP contribution in [0, 0.1) is 0 Å². The Morgan fingerprint density at radius 2 is 0.659 bits per heavy atom. The molecule has 2 aliphatic heterocycles. The van der Waals surface area contributed by atoms with E-state index in [4.69, 9.17) is 26.5 Å². The molecule has 16 aromatic rings. The second-order valence-electron chi connectivity index (χ2n) is 21.0. The number of hydrogen-bond acceptors (Lipinski definition) is 9. The van der Waals surface area contributed by atoms with Crippen LogP contribution in [0.4, 0.5) is 52.4 Å². The van der Waals surface area contributed by atoms with Gasteiger partial charge in [-0.25, -0.2) is 4.90 Å². The summed E-state index contributed by atoms with van der Waals surface area (Å²) in [6.45, 7) is -0.441. The minimum absolute atomic E-state index is 0.441. The van der Waals surface area contributed by atoms with Gasteiger partial charge in [0.1, 0.15) is 33.5 Å². The van der Waals surface area contributed by atoms with Gasteiger partial charge < -0.3 is 26.5 Å². The molecule has 10 heteroatoms. The molecule has 0 amide bonds. The molecule has 82 heavy (non-hydrogen) atoms. The summed E-state index contributed by atoms with van der Waals surface area (Å²) in [5, 5.41) is 5.77. The zero-order valence-corrected chi connectivity index (χ0v) is 43.6. The third kappa shape index (κ3) is 6.39. The average Bonchev–Trinajstić information content (AvgIpc) is 1.96. The van der Waals surface area contributed by atoms with Gasteiger partial charge in [0.2, 0.25) is 35.3 Å². The van der Waals surface area contributed by atoms with Crippen molar-refractivity contribution in [2.75, 3.05) is 14.7 Å². The Morgan fingerprint density at radius 3 is 1.13 bits per heavy atom. The fourth-order valence-electron chi connectivity index (χ4n) is 13.1. The molecule has 0 atom stereocenters. The largest absolute Gasteiger partial charge is 0.440 e. The van der Waals surface area contributed by atoms with E-state index in [-0.39, 0.29) is 0 Å². The van der Waals surface area contributed by atoms with Crippen LogP contribution in [0.1, 0.15) is 0 Å². The minimum Gasteiger partial charge on any atom is -0.440 e. The molecule has 0 unspecified atom stereocenters. The van der Waals surface area contributed by atoms with Crippen molar-refractivity contribution in [2.45, 2.75) is 0 Å². The maximum absolute atomic E-state index is 7.41. The van der Waals surface area contributed by atoms with Crippen LogP contribution < -0.4 is 31.1 Å². The lowest BCUT2D eigenvalue weighted by atomic mass is 9.33. The number of hydrogen-bond donors (Lipinski definition) is 0. The molecule has 0 radical (unpaired) electrons. The highest BCUT2D eigenvalue weighted by atomic mass is 16.4. The van der Waals surface area contributed by atoms with Crippen molar-refractivity contribution < 1.29 is 26.5 Å². The Morgan fingerprint density at radius 1 is 0.293 bits per heavy atom. The standard InChI is InChI=1S/C72H42BN3O6/c1-4-22-43(23-5-1)62-48-29-11-17-35-56(48)78-68(62)74(61-40-46-28-10-16-34-55(46)77-61)47-41-53-67-54(42-47)76(70-64(45-26-8-3-9-27-45)50-31-13-19-37-58(50)80-70)72-66(52-33-15-21-39-60(52)82-72)73(67)65-51-32-14-20-38-59(51)81-71(65)75(53)69-63(44-24-6-2-7-25-44)49-30-12-18-36-57(49)79-69/h1-42H. The molecule has 0 bridgehead atoms. The van der Waals surface area contributed by atoms with Gasteiger partial charge in [0, 0.05) is 49.3 Å². The minimum atomic E-state index is -0.441. The van der Waals surface area contributed by atoms with Gasteiger partial charge in [-0.05, 0) is 70.7 Å². The Balaban J connectivity index is 1.04. The van der Waals surface area contributed by atoms with Crippen LogP contribution >= 0.6 is 0 Å². The predicted octanol–water partition coefficient (Wildman–Crippen LogP) is 18.7. The van der Waals surface area contributed by atoms with E-state index < -0.39 is 6.71 Å². The van der Waals surface area contributed by atoms with Gasteiger partial charge in [0.15, 0.2) is 0 Å². The summed E-state index contributed by atoms with van der Waals surface area (Å²) in [5.74, 6) is 3.55. The Hall–Kier alpha value is -11.1. The second kappa shape index (κ2) is 17.2. The fraction of sp³-hybridized carbons (Fsp3) is 0. The molecular weight excluding hydrogens is 1010 g/mol. The van der Waals surface area contributed by atoms with E-state index in [1.807, 2.05) is 84.9 Å². The molecule has 8 heterocycles. The topological polar surface area (TPSA) is 88.6 Å². The number of benzene rings is 10. The van der Waals surface area contributed by atoms with Gasteiger partial charge in [-0.3, -0.25) is 9.80 Å². The van der Waals surface area contributed by atoms with Crippen LogP contribution in [0.2, 0.25) is 0 Å². The van der Waals surface area contributed by atoms with Crippen LogP contribution in [0.3, 0.4) is 0 Å². The molecule has 18 rings (SSSR count). The molecule has 0 saturated carbocycles. The average molecular weight is 1060 g/mol. The lowest BCUT2D eigenvalue weighted by Crippen LogP contribution is -2.60. The van der Waals surface area contributed by atoms with Crippen molar-refractivity contribution >= 4 is 141 Å². The maximum atomic E-state index is 7.41. The molecule has 2 aliphatic rings. The first kappa shape index (κ1) is 44.8. The molecule has 0 spiro atoms. The van der Waals surface area contributed by atoms with Crippen molar-refractivity contribution in [1.29, 1.82) is 0 Å². The molecule has 6 aromatic heterocycles. The van der Waals surface area contributed by atoms with Crippen LogP contribution in [0.5, 0.6) is 0 Å². The lowest BCUT2D eigenvalue weighted by molar-refractivity contribution is 0.582. The van der Waals surface area contributed by atoms with E-state index in [0.29, 0.717) is 41.0 Å². The van der Waals surface area contributed by atoms with Crippen molar-refractivity contribution in [1.82, 2.24) is 0 Å². The van der Waals surface area contributed by atoms with Crippen molar-refractivity contribution in [3.63, 3.8) is 0 Å². The second-order valence-corrected chi connectivity index (χ2v) is 21.0. The monoisotopic (exact) mass is 1060 g/mol. The highest BCUT2D eigenvalue weighted by Crippen LogP contribution is 2.56. The summed E-state index contributed by atoms with van der Waals surface area (Å²) in [6, 6.07) is 87.6. The number of furan rings is 6. The van der Waals surface area contributed by atoms with E-state index in [0.717, 1.165) is 127 Å². The van der Waals surface area contributed by atoms with Crippen LogP contribution in [0.15, 0.2) is 281 Å². The van der Waals surface area contributed by atoms with E-state index in [2.05, 4.69) is 185 Å². The van der Waals surface area contributed by atoms with Gasteiger partial charge >= 0.3 is 0 Å². The van der Waals surface area contributed by atoms with Gasteiger partial charge in [0.25, 0.3) is 6.71 Å². The molecule has 9 nitrogen and oxygen atoms in total. The predicted molar refractivity (Wildman–Crippen MR) is 330 cm³/mol. The number of nitrogens with zero attached hydrogens (tertiary/aromatic N) is 3. The smallest absolute Gasteiger partial charge is 0.262 e. The first-order chi connectivity index (χ1) is 40.7. The molecule has 0 N–H and O–H groups in total. The maximum Gasteiger partial charge on any atom is 0.262 e. The van der Waals surface area contributed by atoms with Gasteiger partial charge in [-0.2, -0.15) is 0 Å². The summed E-state index contributed by atoms with van der Waals surface area (Å²) in [6.07, 6.45) is 0.